The molecular formula is C14H18BClN2. The van der Waals surface area contributed by atoms with E-state index in [1.807, 2.05) is 32.3 Å². The Hall–Kier alpha value is -1.35. The molecule has 1 rings (SSSR count). The van der Waals surface area contributed by atoms with Crippen LogP contribution < -0.4 is 16.1 Å². The lowest BCUT2D eigenvalue weighted by molar-refractivity contribution is 1.13. The second-order valence-electron chi connectivity index (χ2n) is 4.00. The van der Waals surface area contributed by atoms with Crippen molar-refractivity contribution in [1.29, 1.82) is 0 Å². The molecule has 0 aliphatic carbocycles. The van der Waals surface area contributed by atoms with Gasteiger partial charge in [0.2, 0.25) is 0 Å². The Kier molecular flexibility index (Phi) is 5.36. The fourth-order valence-corrected chi connectivity index (χ4v) is 1.86. The molecule has 0 heterocycles. The third-order valence-electron chi connectivity index (χ3n) is 2.78. The molecule has 2 N–H and O–H groups in total. The van der Waals surface area contributed by atoms with E-state index >= 15 is 0 Å². The van der Waals surface area contributed by atoms with Crippen LogP contribution in [-0.2, 0) is 0 Å². The van der Waals surface area contributed by atoms with Crippen molar-refractivity contribution < 1.29 is 0 Å². The van der Waals surface area contributed by atoms with Gasteiger partial charge in [-0.3, -0.25) is 0 Å². The van der Waals surface area contributed by atoms with Crippen LogP contribution in [0.1, 0.15) is 24.5 Å². The van der Waals surface area contributed by atoms with Crippen LogP contribution in [0.15, 0.2) is 24.9 Å². The molecule has 0 unspecified atom stereocenters. The molecule has 1 aromatic carbocycles. The van der Waals surface area contributed by atoms with E-state index in [2.05, 4.69) is 24.1 Å². The smallest absolute Gasteiger partial charge is 0.116 e. The standard InChI is InChI=1S/C14H18BClN2/c1-5-6-7-18-14-9(2)13(15)12(16)8-11(14)10(3)17-4/h6-8,17-18H,3,5H2,1-2,4H3/b7-6+. The number of benzene rings is 1. The van der Waals surface area contributed by atoms with Crippen molar-refractivity contribution in [3.05, 3.63) is 41.1 Å². The molecule has 0 amide bonds. The normalized spacial score (nSPS) is 10.7. The SMILES string of the molecule is [B]c1c(Cl)cc(C(=C)NC)c(N/C=C/CC)c1C. The molecule has 0 saturated heterocycles. The zero-order valence-corrected chi connectivity index (χ0v) is 11.9. The van der Waals surface area contributed by atoms with Crippen LogP contribution in [0.3, 0.4) is 0 Å². The number of anilines is 1. The van der Waals surface area contributed by atoms with Crippen LogP contribution in [0, 0.1) is 6.92 Å². The van der Waals surface area contributed by atoms with Gasteiger partial charge in [0.05, 0.1) is 0 Å². The minimum Gasteiger partial charge on any atom is -0.388 e. The third-order valence-corrected chi connectivity index (χ3v) is 3.10. The highest BCUT2D eigenvalue weighted by atomic mass is 35.5. The summed E-state index contributed by atoms with van der Waals surface area (Å²) in [6, 6.07) is 1.82. The topological polar surface area (TPSA) is 24.1 Å². The lowest BCUT2D eigenvalue weighted by Gasteiger charge is -2.18. The summed E-state index contributed by atoms with van der Waals surface area (Å²) >= 11 is 6.11. The zero-order valence-electron chi connectivity index (χ0n) is 11.1. The second kappa shape index (κ2) is 6.55. The predicted octanol–water partition coefficient (Wildman–Crippen LogP) is 2.97. The lowest BCUT2D eigenvalue weighted by atomic mass is 9.87. The second-order valence-corrected chi connectivity index (χ2v) is 4.41. The first kappa shape index (κ1) is 14.7. The van der Waals surface area contributed by atoms with Crippen LogP contribution in [0.5, 0.6) is 0 Å². The average molecular weight is 261 g/mol. The monoisotopic (exact) mass is 260 g/mol. The van der Waals surface area contributed by atoms with Gasteiger partial charge in [-0.2, -0.15) is 0 Å². The van der Waals surface area contributed by atoms with Crippen LogP contribution in [0.2, 0.25) is 5.02 Å². The van der Waals surface area contributed by atoms with Crippen LogP contribution >= 0.6 is 11.6 Å². The maximum absolute atomic E-state index is 6.11. The van der Waals surface area contributed by atoms with Gasteiger partial charge in [0, 0.05) is 29.0 Å². The molecular weight excluding hydrogens is 242 g/mol. The highest BCUT2D eigenvalue weighted by molar-refractivity contribution is 6.46. The minimum atomic E-state index is 0.545. The van der Waals surface area contributed by atoms with Gasteiger partial charge in [-0.1, -0.05) is 36.6 Å². The van der Waals surface area contributed by atoms with Crippen molar-refractivity contribution >= 4 is 36.3 Å². The molecule has 0 saturated carbocycles. The molecule has 0 aliphatic rings. The summed E-state index contributed by atoms with van der Waals surface area (Å²) in [4.78, 5) is 0. The molecule has 0 spiro atoms. The quantitative estimate of drug-likeness (QED) is 0.796. The maximum atomic E-state index is 6.11. The molecule has 0 bridgehead atoms. The highest BCUT2D eigenvalue weighted by Gasteiger charge is 2.12. The van der Waals surface area contributed by atoms with Crippen molar-refractivity contribution in [2.45, 2.75) is 20.3 Å². The maximum Gasteiger partial charge on any atom is 0.116 e. The van der Waals surface area contributed by atoms with E-state index < -0.39 is 0 Å². The van der Waals surface area contributed by atoms with Gasteiger partial charge in [-0.25, -0.2) is 0 Å². The first-order valence-corrected chi connectivity index (χ1v) is 6.27. The third kappa shape index (κ3) is 3.11. The minimum absolute atomic E-state index is 0.545. The Morgan fingerprint density at radius 2 is 2.22 bits per heavy atom. The van der Waals surface area contributed by atoms with E-state index in [0.717, 1.165) is 28.9 Å². The summed E-state index contributed by atoms with van der Waals surface area (Å²) in [5.41, 5.74) is 4.18. The Morgan fingerprint density at radius 1 is 1.56 bits per heavy atom. The summed E-state index contributed by atoms with van der Waals surface area (Å²) < 4.78 is 0. The van der Waals surface area contributed by atoms with Gasteiger partial charge in [0.1, 0.15) is 7.85 Å². The van der Waals surface area contributed by atoms with Crippen LogP contribution in [0.4, 0.5) is 5.69 Å². The predicted molar refractivity (Wildman–Crippen MR) is 82.7 cm³/mol. The van der Waals surface area contributed by atoms with Crippen molar-refractivity contribution in [2.24, 2.45) is 0 Å². The molecule has 1 aromatic rings. The van der Waals surface area contributed by atoms with Crippen LogP contribution in [0.25, 0.3) is 5.70 Å². The van der Waals surface area contributed by atoms with E-state index in [-0.39, 0.29) is 0 Å². The summed E-state index contributed by atoms with van der Waals surface area (Å²) in [7, 11) is 7.78. The molecule has 2 radical (unpaired) electrons. The van der Waals surface area contributed by atoms with Gasteiger partial charge < -0.3 is 10.6 Å². The highest BCUT2D eigenvalue weighted by Crippen LogP contribution is 2.27. The van der Waals surface area contributed by atoms with Crippen molar-refractivity contribution in [3.8, 4) is 0 Å². The summed E-state index contributed by atoms with van der Waals surface area (Å²) in [5, 5.41) is 6.82. The molecule has 0 fully saturated rings. The number of allylic oxidation sites excluding steroid dienone is 1. The summed E-state index contributed by atoms with van der Waals surface area (Å²) in [6.45, 7) is 7.99. The molecule has 2 nitrogen and oxygen atoms in total. The summed E-state index contributed by atoms with van der Waals surface area (Å²) in [5.74, 6) is 0. The van der Waals surface area contributed by atoms with Gasteiger partial charge in [-0.15, -0.1) is 0 Å². The zero-order chi connectivity index (χ0) is 13.7. The molecule has 0 atom stereocenters. The number of nitrogens with one attached hydrogen (secondary N) is 2. The Labute approximate surface area is 116 Å². The number of halogens is 1. The van der Waals surface area contributed by atoms with Gasteiger partial charge in [0.15, 0.2) is 0 Å². The van der Waals surface area contributed by atoms with Crippen molar-refractivity contribution in [2.75, 3.05) is 12.4 Å². The molecule has 18 heavy (non-hydrogen) atoms. The molecule has 94 valence electrons. The van der Waals surface area contributed by atoms with Gasteiger partial charge in [-0.05, 0) is 31.2 Å². The van der Waals surface area contributed by atoms with E-state index in [1.54, 1.807) is 0 Å². The van der Waals surface area contributed by atoms with E-state index in [9.17, 15) is 0 Å². The number of rotatable bonds is 5. The van der Waals surface area contributed by atoms with E-state index in [1.165, 1.54) is 0 Å². The Bertz CT molecular complexity index is 481. The van der Waals surface area contributed by atoms with Gasteiger partial charge in [0.25, 0.3) is 0 Å². The first-order valence-electron chi connectivity index (χ1n) is 5.90. The van der Waals surface area contributed by atoms with Crippen molar-refractivity contribution in [1.82, 2.24) is 5.32 Å². The number of hydrogen-bond acceptors (Lipinski definition) is 2. The van der Waals surface area contributed by atoms with E-state index in [0.29, 0.717) is 10.5 Å². The fraction of sp³-hybridized carbons (Fsp3) is 0.286. The summed E-state index contributed by atoms with van der Waals surface area (Å²) in [6.07, 6.45) is 4.91. The molecule has 0 aromatic heterocycles. The average Bonchev–Trinajstić information content (AvgIpc) is 2.37. The molecule has 4 heteroatoms. The first-order chi connectivity index (χ1) is 8.52. The molecule has 0 aliphatic heterocycles. The Morgan fingerprint density at radius 3 is 2.78 bits per heavy atom. The van der Waals surface area contributed by atoms with Crippen LogP contribution in [-0.4, -0.2) is 14.9 Å². The fourth-order valence-electron chi connectivity index (χ4n) is 1.61. The van der Waals surface area contributed by atoms with Crippen molar-refractivity contribution in [3.63, 3.8) is 0 Å². The lowest BCUT2D eigenvalue weighted by Crippen LogP contribution is -2.15. The Balaban J connectivity index is 3.30. The largest absolute Gasteiger partial charge is 0.388 e. The van der Waals surface area contributed by atoms with Gasteiger partial charge >= 0.3 is 0 Å². The number of hydrogen-bond donors (Lipinski definition) is 2. The van der Waals surface area contributed by atoms with E-state index in [4.69, 9.17) is 19.4 Å².